The predicted molar refractivity (Wildman–Crippen MR) is 6.08 cm³/mol. The summed E-state index contributed by atoms with van der Waals surface area (Å²) in [4.78, 5) is 8.33. The number of hydrogen-bond acceptors (Lipinski definition) is 3. The van der Waals surface area contributed by atoms with Crippen molar-refractivity contribution in [3.8, 4) is 0 Å². The van der Waals surface area contributed by atoms with Gasteiger partial charge in [0.05, 0.1) is 0 Å². The largest absolute Gasteiger partial charge is 2.00 e. The van der Waals surface area contributed by atoms with E-state index in [0.717, 1.165) is 0 Å². The fourth-order valence-electron chi connectivity index (χ4n) is 0. The van der Waals surface area contributed by atoms with E-state index in [1.54, 1.807) is 0 Å². The van der Waals surface area contributed by atoms with Gasteiger partial charge in [0.25, 0.3) is 0 Å². The summed E-state index contributed by atoms with van der Waals surface area (Å²) >= 11 is 0. The van der Waals surface area contributed by atoms with E-state index in [-0.39, 0.29) is 39.3 Å². The molecule has 0 spiro atoms. The minimum absolute atomic E-state index is 0. The molecule has 0 aromatic rings. The van der Waals surface area contributed by atoms with Crippen molar-refractivity contribution in [2.45, 2.75) is 0 Å². The number of carbonyl (C=O) groups excluding carboxylic acids is 1. The molecule has 44 valence electrons. The van der Waals surface area contributed by atoms with Crippen LogP contribution in [-0.4, -0.2) is 6.16 Å². The first-order valence-electron chi connectivity index (χ1n) is 0.612. The average Bonchev–Trinajstić information content (AvgIpc) is 0.811. The smallest absolute Gasteiger partial charge is 2.00 e. The summed E-state index contributed by atoms with van der Waals surface area (Å²) in [5, 5.41) is 16.7. The molecule has 0 N–H and O–H groups in total. The van der Waals surface area contributed by atoms with Crippen LogP contribution in [0.3, 0.4) is 0 Å². The third kappa shape index (κ3) is 1730. The fraction of sp³-hybridized carbons (Fsp3) is 0. The molecular formula is CCoMnO4. The van der Waals surface area contributed by atoms with Gasteiger partial charge in [-0.3, -0.25) is 0 Å². The van der Waals surface area contributed by atoms with Crippen LogP contribution >= 0.6 is 0 Å². The predicted octanol–water partition coefficient (Wildman–Crippen LogP) is -2.57. The zero-order chi connectivity index (χ0) is 3.58. The van der Waals surface area contributed by atoms with Crippen molar-refractivity contribution in [3.63, 3.8) is 0 Å². The van der Waals surface area contributed by atoms with E-state index < -0.39 is 6.16 Å². The van der Waals surface area contributed by atoms with Gasteiger partial charge in [-0.05, 0) is 6.16 Å². The van der Waals surface area contributed by atoms with E-state index in [0.29, 0.717) is 0 Å². The molecule has 0 rings (SSSR count). The maximum absolute atomic E-state index is 8.33. The molecule has 0 fully saturated rings. The second-order valence-electron chi connectivity index (χ2n) is 0.250. The first kappa shape index (κ1) is 26.8. The number of carboxylic acid groups (broad SMARTS) is 2. The van der Waals surface area contributed by atoms with Gasteiger partial charge in [-0.15, -0.1) is 0 Å². The van der Waals surface area contributed by atoms with Crippen molar-refractivity contribution in [2.75, 3.05) is 0 Å². The van der Waals surface area contributed by atoms with E-state index in [1.807, 2.05) is 0 Å². The van der Waals surface area contributed by atoms with Crippen molar-refractivity contribution >= 4 is 6.16 Å². The van der Waals surface area contributed by atoms with E-state index in [1.165, 1.54) is 0 Å². The Balaban J connectivity index is -0.0000000150. The Labute approximate surface area is 60.9 Å². The van der Waals surface area contributed by atoms with Crippen LogP contribution in [0.25, 0.3) is 0 Å². The van der Waals surface area contributed by atoms with Gasteiger partial charge in [-0.25, -0.2) is 0 Å². The van der Waals surface area contributed by atoms with E-state index in [4.69, 9.17) is 15.0 Å². The van der Waals surface area contributed by atoms with Crippen LogP contribution in [0.4, 0.5) is 4.79 Å². The molecule has 0 heterocycles. The molecule has 6 heteroatoms. The second-order valence-corrected chi connectivity index (χ2v) is 0.250. The van der Waals surface area contributed by atoms with Gasteiger partial charge in [0.1, 0.15) is 0 Å². The molecule has 0 atom stereocenters. The van der Waals surface area contributed by atoms with Gasteiger partial charge in [-0.2, -0.15) is 0 Å². The van der Waals surface area contributed by atoms with Crippen molar-refractivity contribution in [1.82, 2.24) is 0 Å². The molecular weight excluding hydrogens is 190 g/mol. The van der Waals surface area contributed by atoms with Gasteiger partial charge in [0, 0.05) is 0 Å². The van der Waals surface area contributed by atoms with Crippen LogP contribution in [-0.2, 0) is 39.3 Å². The Bertz CT molecular complexity index is 34.7. The molecule has 0 aromatic carbocycles. The number of rotatable bonds is 0. The van der Waals surface area contributed by atoms with Crippen LogP contribution in [0.15, 0.2) is 0 Å². The van der Waals surface area contributed by atoms with Gasteiger partial charge in [0.2, 0.25) is 0 Å². The average molecular weight is 190 g/mol. The molecule has 0 unspecified atom stereocenters. The number of hydrogen-bond donors (Lipinski definition) is 0. The minimum atomic E-state index is -2.33. The van der Waals surface area contributed by atoms with Gasteiger partial charge in [-0.1, -0.05) is 0 Å². The Morgan fingerprint density at radius 2 is 1.29 bits per heavy atom. The van der Waals surface area contributed by atoms with Crippen LogP contribution in [0, 0.1) is 0 Å². The van der Waals surface area contributed by atoms with E-state index in [9.17, 15) is 0 Å². The molecule has 0 aromatic heterocycles. The maximum atomic E-state index is 8.33. The third-order valence-corrected chi connectivity index (χ3v) is 0. The Morgan fingerprint density at radius 1 is 1.29 bits per heavy atom. The molecule has 0 amide bonds. The zero-order valence-corrected chi connectivity index (χ0v) is 5.07. The molecule has 0 saturated heterocycles. The Morgan fingerprint density at radius 3 is 1.29 bits per heavy atom. The first-order valence-corrected chi connectivity index (χ1v) is 0.612. The summed E-state index contributed by atoms with van der Waals surface area (Å²) in [7, 11) is 0. The molecule has 0 bridgehead atoms. The monoisotopic (exact) mass is 190 g/mol. The van der Waals surface area contributed by atoms with E-state index in [2.05, 4.69) is 0 Å². The summed E-state index contributed by atoms with van der Waals surface area (Å²) in [6, 6.07) is 0. The topological polar surface area (TPSA) is 91.7 Å². The summed E-state index contributed by atoms with van der Waals surface area (Å²) < 4.78 is 0. The maximum Gasteiger partial charge on any atom is 2.00 e. The van der Waals surface area contributed by atoms with Crippen LogP contribution < -0.4 is 10.2 Å². The summed E-state index contributed by atoms with van der Waals surface area (Å²) in [5.41, 5.74) is 0. The zero-order valence-electron chi connectivity index (χ0n) is 2.84. The molecule has 0 aliphatic carbocycles. The summed E-state index contributed by atoms with van der Waals surface area (Å²) in [5.74, 6) is 0. The molecule has 7 heavy (non-hydrogen) atoms. The Hall–Kier alpha value is 0.256. The van der Waals surface area contributed by atoms with Crippen molar-refractivity contribution < 1.29 is 54.3 Å². The molecule has 0 saturated carbocycles. The van der Waals surface area contributed by atoms with Gasteiger partial charge in [0.15, 0.2) is 0 Å². The molecule has 4 nitrogen and oxygen atoms in total. The summed E-state index contributed by atoms with van der Waals surface area (Å²) in [6.45, 7) is 0. The van der Waals surface area contributed by atoms with Crippen molar-refractivity contribution in [2.24, 2.45) is 0 Å². The quantitative estimate of drug-likeness (QED) is 0.393. The van der Waals surface area contributed by atoms with Crippen molar-refractivity contribution in [1.29, 1.82) is 0 Å². The van der Waals surface area contributed by atoms with Crippen LogP contribution in [0.2, 0.25) is 0 Å². The third-order valence-electron chi connectivity index (χ3n) is 0. The number of carbonyl (C=O) groups is 1. The first-order chi connectivity index (χ1) is 1.73. The SMILES string of the molecule is O=C([O-])[O-].[Co+2].[Mn+2].[O-2]. The molecule has 0 aliphatic rings. The standard InChI is InChI=1S/CH2O3.Co.Mn.O/c2-1(3)4;;;/h(H2,2,3,4);;;/q;2*+2;-2/p-2. The normalized spacial score (nSPS) is 3.43. The van der Waals surface area contributed by atoms with Crippen molar-refractivity contribution in [3.05, 3.63) is 0 Å². The van der Waals surface area contributed by atoms with Gasteiger partial charge >= 0.3 is 33.8 Å². The Kier molecular flexibility index (Phi) is 62.4. The summed E-state index contributed by atoms with van der Waals surface area (Å²) in [6.07, 6.45) is -2.33. The van der Waals surface area contributed by atoms with Gasteiger partial charge < -0.3 is 20.5 Å². The minimum Gasteiger partial charge on any atom is -2.00 e. The second kappa shape index (κ2) is 16.3. The van der Waals surface area contributed by atoms with E-state index >= 15 is 0 Å². The van der Waals surface area contributed by atoms with Crippen LogP contribution in [0.1, 0.15) is 0 Å². The fourth-order valence-corrected chi connectivity index (χ4v) is 0. The molecule has 0 aliphatic heterocycles. The van der Waals surface area contributed by atoms with Crippen LogP contribution in [0.5, 0.6) is 0 Å². The molecule has 2 radical (unpaired) electrons.